The molecule has 19 nitrogen and oxygen atoms in total. The zero-order chi connectivity index (χ0) is 71.1. The van der Waals surface area contributed by atoms with E-state index in [1.54, 1.807) is 0 Å². The monoisotopic (exact) mass is 1400 g/mol. The van der Waals surface area contributed by atoms with E-state index in [0.717, 1.165) is 57.8 Å². The molecule has 17 atom stereocenters. The largest absolute Gasteiger partial charge is 0.394 e. The highest BCUT2D eigenvalue weighted by Crippen LogP contribution is 2.33. The van der Waals surface area contributed by atoms with Crippen LogP contribution in [0.15, 0.2) is 36.5 Å². The van der Waals surface area contributed by atoms with Crippen molar-refractivity contribution >= 4 is 5.91 Å². The number of hydrogen-bond acceptors (Lipinski definition) is 18. The summed E-state index contributed by atoms with van der Waals surface area (Å²) in [6, 6.07) is -0.889. The van der Waals surface area contributed by atoms with Crippen molar-refractivity contribution in [2.45, 2.75) is 433 Å². The standard InChI is InChI=1S/C79H147NO18/c1-3-5-7-9-11-13-15-17-19-21-23-25-27-29-30-31-32-33-35-37-39-41-43-45-47-49-51-53-55-57-67(85)80-62(63(84)56-54-52-50-48-46-44-42-40-38-36-34-28-26-24-22-20-18-16-14-12-10-8-6-4-2)61-93-77-73(91)70(88)75(65(59-82)95-77)98-79-74(92)71(89)76(66(60-83)96-79)97-78-72(90)69(87)68(86)64(58-81)94-78/h15,17,21,23,27,29,62-66,68-79,81-84,86-92H,3-14,16,18-20,22,24-26,28,30-61H2,1-2H3,(H,80,85)/b17-15-,23-21-,29-27-. The van der Waals surface area contributed by atoms with Crippen LogP contribution in [-0.2, 0) is 33.2 Å². The Kier molecular flexibility index (Phi) is 55.5. The van der Waals surface area contributed by atoms with Gasteiger partial charge in [0.15, 0.2) is 18.9 Å². The van der Waals surface area contributed by atoms with Crippen LogP contribution < -0.4 is 5.32 Å². The topological polar surface area (TPSA) is 307 Å². The molecule has 576 valence electrons. The number of ether oxygens (including phenoxy) is 6. The van der Waals surface area contributed by atoms with Gasteiger partial charge in [-0.25, -0.2) is 0 Å². The molecular formula is C79H147NO18. The quantitative estimate of drug-likeness (QED) is 0.0199. The van der Waals surface area contributed by atoms with Gasteiger partial charge in [0.25, 0.3) is 0 Å². The van der Waals surface area contributed by atoms with Crippen molar-refractivity contribution in [1.29, 1.82) is 0 Å². The van der Waals surface area contributed by atoms with Gasteiger partial charge >= 0.3 is 0 Å². The molecule has 3 saturated heterocycles. The van der Waals surface area contributed by atoms with Crippen molar-refractivity contribution < 1.29 is 89.4 Å². The van der Waals surface area contributed by atoms with Crippen LogP contribution in [-0.4, -0.2) is 193 Å². The fraction of sp³-hybridized carbons (Fsp3) is 0.911. The lowest BCUT2D eigenvalue weighted by Gasteiger charge is -2.48. The van der Waals surface area contributed by atoms with Crippen molar-refractivity contribution in [1.82, 2.24) is 5.32 Å². The molecule has 3 rings (SSSR count). The number of amides is 1. The van der Waals surface area contributed by atoms with E-state index >= 15 is 0 Å². The Bertz CT molecular complexity index is 1910. The third kappa shape index (κ3) is 40.3. The lowest BCUT2D eigenvalue weighted by atomic mass is 9.96. The number of carbonyl (C=O) groups is 1. The van der Waals surface area contributed by atoms with Gasteiger partial charge in [0.05, 0.1) is 38.6 Å². The van der Waals surface area contributed by atoms with Crippen LogP contribution in [0.1, 0.15) is 328 Å². The third-order valence-electron chi connectivity index (χ3n) is 20.2. The zero-order valence-corrected chi connectivity index (χ0v) is 61.5. The van der Waals surface area contributed by atoms with Crippen LogP contribution in [0.2, 0.25) is 0 Å². The Balaban J connectivity index is 1.37. The summed E-state index contributed by atoms with van der Waals surface area (Å²) in [5.41, 5.74) is 0. The molecule has 0 aromatic carbocycles. The van der Waals surface area contributed by atoms with Crippen LogP contribution >= 0.6 is 0 Å². The summed E-state index contributed by atoms with van der Waals surface area (Å²) >= 11 is 0. The minimum Gasteiger partial charge on any atom is -0.394 e. The van der Waals surface area contributed by atoms with Crippen LogP contribution in [0.3, 0.4) is 0 Å². The minimum absolute atomic E-state index is 0.239. The number of hydrogen-bond donors (Lipinski definition) is 12. The zero-order valence-electron chi connectivity index (χ0n) is 61.5. The molecule has 12 N–H and O–H groups in total. The second kappa shape index (κ2) is 60.3. The SMILES string of the molecule is CCCCCCC/C=C\C/C=C\C/C=C\CCCCCCCCCCCCCCCCC(=O)NC(COC1OC(CO)C(OC2OC(CO)C(OC3OC(CO)C(O)C(O)C3O)C(O)C2O)C(O)C1O)C(O)CCCCCCCCCCCCCCCCCCCCCCCCCC. The first kappa shape index (κ1) is 90.2. The molecule has 98 heavy (non-hydrogen) atoms. The number of aliphatic hydroxyl groups is 11. The lowest BCUT2D eigenvalue weighted by Crippen LogP contribution is -2.66. The number of aliphatic hydroxyl groups excluding tert-OH is 11. The van der Waals surface area contributed by atoms with E-state index < -0.39 is 124 Å². The summed E-state index contributed by atoms with van der Waals surface area (Å²) in [5, 5.41) is 121. The van der Waals surface area contributed by atoms with Gasteiger partial charge in [-0.15, -0.1) is 0 Å². The Labute approximate surface area is 593 Å². The van der Waals surface area contributed by atoms with Gasteiger partial charge in [-0.05, 0) is 51.4 Å². The van der Waals surface area contributed by atoms with Crippen molar-refractivity contribution in [3.63, 3.8) is 0 Å². The van der Waals surface area contributed by atoms with E-state index in [4.69, 9.17) is 28.4 Å². The van der Waals surface area contributed by atoms with Gasteiger partial charge in [0.1, 0.15) is 73.2 Å². The van der Waals surface area contributed by atoms with Crippen molar-refractivity contribution in [2.24, 2.45) is 0 Å². The molecule has 0 saturated carbocycles. The Morgan fingerprint density at radius 1 is 0.367 bits per heavy atom. The molecule has 0 bridgehead atoms. The summed E-state index contributed by atoms with van der Waals surface area (Å²) in [5.74, 6) is -0.239. The molecule has 3 fully saturated rings. The summed E-state index contributed by atoms with van der Waals surface area (Å²) in [7, 11) is 0. The maximum absolute atomic E-state index is 13.5. The minimum atomic E-state index is -1.97. The fourth-order valence-corrected chi connectivity index (χ4v) is 13.7. The Morgan fingerprint density at radius 2 is 0.673 bits per heavy atom. The maximum Gasteiger partial charge on any atom is 0.220 e. The van der Waals surface area contributed by atoms with E-state index in [1.807, 2.05) is 0 Å². The van der Waals surface area contributed by atoms with E-state index in [2.05, 4.69) is 55.6 Å². The van der Waals surface area contributed by atoms with Gasteiger partial charge < -0.3 is 89.9 Å². The third-order valence-corrected chi connectivity index (χ3v) is 20.2. The number of rotatable bonds is 64. The second-order valence-electron chi connectivity index (χ2n) is 28.9. The summed E-state index contributed by atoms with van der Waals surface area (Å²) in [6.07, 6.45) is 46.5. The average Bonchev–Trinajstić information content (AvgIpc) is 0.784. The first-order valence-corrected chi connectivity index (χ1v) is 40.2. The molecule has 3 aliphatic heterocycles. The van der Waals surface area contributed by atoms with Gasteiger partial charge in [-0.3, -0.25) is 4.79 Å². The van der Waals surface area contributed by atoms with Gasteiger partial charge in [-0.2, -0.15) is 0 Å². The highest BCUT2D eigenvalue weighted by molar-refractivity contribution is 5.76. The predicted octanol–water partition coefficient (Wildman–Crippen LogP) is 13.1. The van der Waals surface area contributed by atoms with E-state index in [-0.39, 0.29) is 18.9 Å². The lowest BCUT2D eigenvalue weighted by molar-refractivity contribution is -0.379. The first-order valence-electron chi connectivity index (χ1n) is 40.2. The summed E-state index contributed by atoms with van der Waals surface area (Å²) < 4.78 is 34.5. The average molecular weight is 1400 g/mol. The molecule has 17 unspecified atom stereocenters. The molecule has 3 heterocycles. The van der Waals surface area contributed by atoms with Crippen molar-refractivity contribution in [3.05, 3.63) is 36.5 Å². The highest BCUT2D eigenvalue weighted by atomic mass is 16.8. The maximum atomic E-state index is 13.5. The van der Waals surface area contributed by atoms with Crippen LogP contribution in [0.25, 0.3) is 0 Å². The van der Waals surface area contributed by atoms with E-state index in [0.29, 0.717) is 12.8 Å². The summed E-state index contributed by atoms with van der Waals surface area (Å²) in [6.45, 7) is 1.84. The number of carbonyl (C=O) groups excluding carboxylic acids is 1. The molecular weight excluding hydrogens is 1250 g/mol. The molecule has 0 radical (unpaired) electrons. The molecule has 1 amide bonds. The highest BCUT2D eigenvalue weighted by Gasteiger charge is 2.54. The van der Waals surface area contributed by atoms with Gasteiger partial charge in [0.2, 0.25) is 5.91 Å². The number of unbranched alkanes of at least 4 members (excludes halogenated alkanes) is 42. The van der Waals surface area contributed by atoms with Crippen molar-refractivity contribution in [2.75, 3.05) is 26.4 Å². The normalized spacial score (nSPS) is 26.9. The molecule has 0 aromatic rings. The molecule has 0 aliphatic carbocycles. The van der Waals surface area contributed by atoms with Crippen LogP contribution in [0.4, 0.5) is 0 Å². The Morgan fingerprint density at radius 3 is 1.05 bits per heavy atom. The van der Waals surface area contributed by atoms with Crippen LogP contribution in [0.5, 0.6) is 0 Å². The Hall–Kier alpha value is -1.99. The number of allylic oxidation sites excluding steroid dienone is 6. The second-order valence-corrected chi connectivity index (χ2v) is 28.9. The fourth-order valence-electron chi connectivity index (χ4n) is 13.7. The van der Waals surface area contributed by atoms with Crippen LogP contribution in [0, 0.1) is 0 Å². The van der Waals surface area contributed by atoms with Gasteiger partial charge in [0, 0.05) is 6.42 Å². The molecule has 0 spiro atoms. The first-order chi connectivity index (χ1) is 47.8. The van der Waals surface area contributed by atoms with E-state index in [9.17, 15) is 61.0 Å². The predicted molar refractivity (Wildman–Crippen MR) is 388 cm³/mol. The summed E-state index contributed by atoms with van der Waals surface area (Å²) in [4.78, 5) is 13.5. The van der Waals surface area contributed by atoms with Gasteiger partial charge in [-0.1, -0.05) is 307 Å². The van der Waals surface area contributed by atoms with Crippen molar-refractivity contribution in [3.8, 4) is 0 Å². The molecule has 3 aliphatic rings. The van der Waals surface area contributed by atoms with E-state index in [1.165, 1.54) is 238 Å². The molecule has 19 heteroatoms. The smallest absolute Gasteiger partial charge is 0.220 e. The molecule has 0 aromatic heterocycles. The number of nitrogens with one attached hydrogen (secondary N) is 1.